The van der Waals surface area contributed by atoms with Crippen LogP contribution >= 0.6 is 46.9 Å². The van der Waals surface area contributed by atoms with Crippen LogP contribution in [0.2, 0.25) is 10.0 Å². The summed E-state index contributed by atoms with van der Waals surface area (Å²) in [4.78, 5) is 21.9. The number of carbonyl (C=O) groups excluding carboxylic acids is 1. The third kappa shape index (κ3) is 6.06. The summed E-state index contributed by atoms with van der Waals surface area (Å²) in [6.45, 7) is 7.51. The number of hydrogen-bond donors (Lipinski definition) is 0. The number of benzene rings is 2. The molecule has 0 spiro atoms. The van der Waals surface area contributed by atoms with Gasteiger partial charge in [-0.2, -0.15) is 0 Å². The average Bonchev–Trinajstić information content (AvgIpc) is 3.09. The standard InChI is InChI=1S/C21H23Cl2N3OS.ClH/c1-3-25(4-2)11-12-26(20(27)13-15-7-5-6-8-17(15)23)21-24-18-10-9-16(22)14-19(18)28-21;/h5-10,14H,3-4,11-13H2,1-2H3;1H. The number of fused-ring (bicyclic) bond motifs is 1. The Morgan fingerprint density at radius 1 is 1.07 bits per heavy atom. The van der Waals surface area contributed by atoms with E-state index in [9.17, 15) is 4.79 Å². The van der Waals surface area contributed by atoms with Crippen molar-refractivity contribution in [3.05, 3.63) is 58.1 Å². The molecule has 0 N–H and O–H groups in total. The Morgan fingerprint density at radius 2 is 1.79 bits per heavy atom. The van der Waals surface area contributed by atoms with E-state index in [-0.39, 0.29) is 24.7 Å². The van der Waals surface area contributed by atoms with E-state index in [0.717, 1.165) is 35.4 Å². The van der Waals surface area contributed by atoms with Gasteiger partial charge in [-0.1, -0.05) is 66.6 Å². The van der Waals surface area contributed by atoms with Crippen molar-refractivity contribution in [3.8, 4) is 0 Å². The second-order valence-corrected chi connectivity index (χ2v) is 8.30. The lowest BCUT2D eigenvalue weighted by atomic mass is 10.1. The van der Waals surface area contributed by atoms with Crippen LogP contribution in [0.3, 0.4) is 0 Å². The van der Waals surface area contributed by atoms with Crippen molar-refractivity contribution >= 4 is 68.2 Å². The van der Waals surface area contributed by atoms with E-state index < -0.39 is 0 Å². The van der Waals surface area contributed by atoms with E-state index in [1.54, 1.807) is 4.90 Å². The maximum atomic E-state index is 13.2. The van der Waals surface area contributed by atoms with Gasteiger partial charge in [-0.15, -0.1) is 12.4 Å². The number of aromatic nitrogens is 1. The monoisotopic (exact) mass is 471 g/mol. The third-order valence-corrected chi connectivity index (χ3v) is 6.35. The molecule has 156 valence electrons. The normalized spacial score (nSPS) is 10.9. The average molecular weight is 473 g/mol. The molecule has 0 bridgehead atoms. The molecule has 0 saturated carbocycles. The molecule has 1 amide bonds. The zero-order chi connectivity index (χ0) is 20.1. The van der Waals surface area contributed by atoms with E-state index in [2.05, 4.69) is 23.7 Å². The van der Waals surface area contributed by atoms with Crippen molar-refractivity contribution in [1.82, 2.24) is 9.88 Å². The van der Waals surface area contributed by atoms with Gasteiger partial charge in [-0.05, 0) is 42.9 Å². The van der Waals surface area contributed by atoms with E-state index in [0.29, 0.717) is 21.7 Å². The fourth-order valence-corrected chi connectivity index (χ4v) is 4.50. The summed E-state index contributed by atoms with van der Waals surface area (Å²) in [5.41, 5.74) is 1.67. The van der Waals surface area contributed by atoms with Crippen molar-refractivity contribution in [2.24, 2.45) is 0 Å². The second kappa shape index (κ2) is 11.1. The van der Waals surface area contributed by atoms with E-state index in [1.807, 2.05) is 42.5 Å². The first-order chi connectivity index (χ1) is 13.5. The molecule has 0 unspecified atom stereocenters. The minimum absolute atomic E-state index is 0. The predicted molar refractivity (Wildman–Crippen MR) is 127 cm³/mol. The Hall–Kier alpha value is -1.37. The predicted octanol–water partition coefficient (Wildman–Crippen LogP) is 5.94. The number of thiazole rings is 1. The van der Waals surface area contributed by atoms with Gasteiger partial charge in [0.05, 0.1) is 16.6 Å². The maximum absolute atomic E-state index is 13.2. The summed E-state index contributed by atoms with van der Waals surface area (Å²) >= 11 is 13.9. The Kier molecular flexibility index (Phi) is 9.18. The highest BCUT2D eigenvalue weighted by Crippen LogP contribution is 2.31. The number of carbonyl (C=O) groups is 1. The van der Waals surface area contributed by atoms with Crippen LogP contribution in [0.4, 0.5) is 5.13 Å². The fraction of sp³-hybridized carbons (Fsp3) is 0.333. The highest BCUT2D eigenvalue weighted by Gasteiger charge is 2.21. The second-order valence-electron chi connectivity index (χ2n) is 6.45. The van der Waals surface area contributed by atoms with Gasteiger partial charge in [0.1, 0.15) is 0 Å². The molecule has 2 aromatic carbocycles. The number of rotatable bonds is 8. The lowest BCUT2D eigenvalue weighted by Crippen LogP contribution is -2.39. The Morgan fingerprint density at radius 3 is 2.48 bits per heavy atom. The zero-order valence-electron chi connectivity index (χ0n) is 16.4. The van der Waals surface area contributed by atoms with Crippen molar-refractivity contribution < 1.29 is 4.79 Å². The van der Waals surface area contributed by atoms with Crippen LogP contribution in [0.25, 0.3) is 10.2 Å². The highest BCUT2D eigenvalue weighted by atomic mass is 35.5. The maximum Gasteiger partial charge on any atom is 0.233 e. The van der Waals surface area contributed by atoms with Crippen molar-refractivity contribution in [1.29, 1.82) is 0 Å². The quantitative estimate of drug-likeness (QED) is 0.407. The van der Waals surface area contributed by atoms with Crippen LogP contribution in [0.5, 0.6) is 0 Å². The molecule has 1 heterocycles. The molecule has 0 aliphatic heterocycles. The van der Waals surface area contributed by atoms with Gasteiger partial charge in [0, 0.05) is 23.1 Å². The van der Waals surface area contributed by atoms with Crippen LogP contribution < -0.4 is 4.90 Å². The van der Waals surface area contributed by atoms with E-state index >= 15 is 0 Å². The van der Waals surface area contributed by atoms with E-state index in [4.69, 9.17) is 23.2 Å². The zero-order valence-corrected chi connectivity index (χ0v) is 19.5. The first kappa shape index (κ1) is 23.9. The van der Waals surface area contributed by atoms with Crippen molar-refractivity contribution in [3.63, 3.8) is 0 Å². The largest absolute Gasteiger partial charge is 0.302 e. The smallest absolute Gasteiger partial charge is 0.233 e. The number of halogens is 3. The van der Waals surface area contributed by atoms with Crippen LogP contribution in [0.15, 0.2) is 42.5 Å². The molecule has 0 radical (unpaired) electrons. The molecule has 8 heteroatoms. The van der Waals surface area contributed by atoms with Crippen LogP contribution in [-0.4, -0.2) is 42.0 Å². The van der Waals surface area contributed by atoms with Crippen molar-refractivity contribution in [2.45, 2.75) is 20.3 Å². The number of hydrogen-bond acceptors (Lipinski definition) is 4. The number of nitrogens with zero attached hydrogens (tertiary/aromatic N) is 3. The molecule has 0 saturated heterocycles. The van der Waals surface area contributed by atoms with Gasteiger partial charge >= 0.3 is 0 Å². The highest BCUT2D eigenvalue weighted by molar-refractivity contribution is 7.22. The molecule has 4 nitrogen and oxygen atoms in total. The lowest BCUT2D eigenvalue weighted by molar-refractivity contribution is -0.118. The van der Waals surface area contributed by atoms with Gasteiger partial charge in [-0.3, -0.25) is 9.69 Å². The lowest BCUT2D eigenvalue weighted by Gasteiger charge is -2.25. The minimum Gasteiger partial charge on any atom is -0.302 e. The summed E-state index contributed by atoms with van der Waals surface area (Å²) in [6, 6.07) is 13.1. The van der Waals surface area contributed by atoms with Gasteiger partial charge < -0.3 is 4.90 Å². The molecule has 0 aliphatic carbocycles. The first-order valence-corrected chi connectivity index (χ1v) is 10.9. The van der Waals surface area contributed by atoms with Crippen LogP contribution in [-0.2, 0) is 11.2 Å². The number of likely N-dealkylation sites (N-methyl/N-ethyl adjacent to an activating group) is 1. The van der Waals surface area contributed by atoms with Crippen molar-refractivity contribution in [2.75, 3.05) is 31.1 Å². The number of anilines is 1. The Labute approximate surface area is 191 Å². The summed E-state index contributed by atoms with van der Waals surface area (Å²) in [7, 11) is 0. The molecular weight excluding hydrogens is 449 g/mol. The molecule has 0 aliphatic rings. The SMILES string of the molecule is CCN(CC)CCN(C(=O)Cc1ccccc1Cl)c1nc2ccc(Cl)cc2s1.Cl. The Balaban J connectivity index is 0.00000300. The molecule has 3 rings (SSSR count). The molecular formula is C21H24Cl3N3OS. The summed E-state index contributed by atoms with van der Waals surface area (Å²) < 4.78 is 0.973. The summed E-state index contributed by atoms with van der Waals surface area (Å²) in [5.74, 6) is -0.00888. The minimum atomic E-state index is -0.00888. The van der Waals surface area contributed by atoms with E-state index in [1.165, 1.54) is 11.3 Å². The fourth-order valence-electron chi connectivity index (χ4n) is 3.01. The van der Waals surface area contributed by atoms with Gasteiger partial charge in [0.2, 0.25) is 5.91 Å². The first-order valence-electron chi connectivity index (χ1n) is 9.34. The molecule has 0 fully saturated rings. The Bertz CT molecular complexity index is 959. The number of amides is 1. The van der Waals surface area contributed by atoms with Gasteiger partial charge in [0.15, 0.2) is 5.13 Å². The van der Waals surface area contributed by atoms with Crippen LogP contribution in [0, 0.1) is 0 Å². The third-order valence-electron chi connectivity index (χ3n) is 4.70. The summed E-state index contributed by atoms with van der Waals surface area (Å²) in [5, 5.41) is 1.97. The van der Waals surface area contributed by atoms with Gasteiger partial charge in [-0.25, -0.2) is 4.98 Å². The topological polar surface area (TPSA) is 36.4 Å². The molecule has 0 atom stereocenters. The van der Waals surface area contributed by atoms with Crippen LogP contribution in [0.1, 0.15) is 19.4 Å². The molecule has 3 aromatic rings. The molecule has 29 heavy (non-hydrogen) atoms. The van der Waals surface area contributed by atoms with Gasteiger partial charge in [0.25, 0.3) is 0 Å². The molecule has 1 aromatic heterocycles. The summed E-state index contributed by atoms with van der Waals surface area (Å²) in [6.07, 6.45) is 0.245.